The SMILES string of the molecule is CN=C(NCCCCCCCN(C)C)N1CCN(c2ccccc2F)CC1.I. The molecule has 1 aromatic carbocycles. The van der Waals surface area contributed by atoms with Crippen LogP contribution in [-0.2, 0) is 0 Å². The third kappa shape index (κ3) is 8.51. The quantitative estimate of drug-likeness (QED) is 0.241. The third-order valence-corrected chi connectivity index (χ3v) is 5.05. The zero-order valence-corrected chi connectivity index (χ0v) is 20.0. The molecule has 0 saturated carbocycles. The number of aliphatic imine (C=N–C) groups is 1. The highest BCUT2D eigenvalue weighted by atomic mass is 127. The van der Waals surface area contributed by atoms with E-state index in [-0.39, 0.29) is 29.8 Å². The second-order valence-electron chi connectivity index (χ2n) is 7.47. The number of hydrogen-bond acceptors (Lipinski definition) is 3. The average Bonchev–Trinajstić information content (AvgIpc) is 2.67. The van der Waals surface area contributed by atoms with Gasteiger partial charge in [-0.1, -0.05) is 31.4 Å². The summed E-state index contributed by atoms with van der Waals surface area (Å²) in [5.74, 6) is 0.829. The first kappa shape index (κ1) is 24.9. The van der Waals surface area contributed by atoms with Gasteiger partial charge in [0.05, 0.1) is 5.69 Å². The van der Waals surface area contributed by atoms with Crippen molar-refractivity contribution in [3.63, 3.8) is 0 Å². The van der Waals surface area contributed by atoms with Crippen molar-refractivity contribution in [2.45, 2.75) is 32.1 Å². The highest BCUT2D eigenvalue weighted by Crippen LogP contribution is 2.20. The summed E-state index contributed by atoms with van der Waals surface area (Å²) in [4.78, 5) is 11.1. The highest BCUT2D eigenvalue weighted by molar-refractivity contribution is 14.0. The number of nitrogens with one attached hydrogen (secondary N) is 1. The summed E-state index contributed by atoms with van der Waals surface area (Å²) in [5.41, 5.74) is 0.703. The Labute approximate surface area is 187 Å². The molecular weight excluding hydrogens is 468 g/mol. The van der Waals surface area contributed by atoms with Gasteiger partial charge < -0.3 is 20.0 Å². The Hall–Kier alpha value is -1.09. The molecule has 28 heavy (non-hydrogen) atoms. The number of nitrogens with zero attached hydrogens (tertiary/aromatic N) is 4. The fourth-order valence-corrected chi connectivity index (χ4v) is 3.48. The lowest BCUT2D eigenvalue weighted by Crippen LogP contribution is -2.52. The van der Waals surface area contributed by atoms with Crippen molar-refractivity contribution in [3.8, 4) is 0 Å². The van der Waals surface area contributed by atoms with Crippen LogP contribution in [0.1, 0.15) is 32.1 Å². The molecule has 1 fully saturated rings. The van der Waals surface area contributed by atoms with Crippen molar-refractivity contribution >= 4 is 35.6 Å². The summed E-state index contributed by atoms with van der Waals surface area (Å²) in [6.45, 7) is 5.50. The van der Waals surface area contributed by atoms with E-state index in [1.807, 2.05) is 19.2 Å². The fourth-order valence-electron chi connectivity index (χ4n) is 3.48. The second kappa shape index (κ2) is 14.0. The molecule has 0 aromatic heterocycles. The Morgan fingerprint density at radius 1 is 1.04 bits per heavy atom. The van der Waals surface area contributed by atoms with E-state index in [1.165, 1.54) is 44.7 Å². The van der Waals surface area contributed by atoms with Crippen LogP contribution >= 0.6 is 24.0 Å². The van der Waals surface area contributed by atoms with E-state index in [0.717, 1.165) is 38.7 Å². The van der Waals surface area contributed by atoms with Gasteiger partial charge in [-0.15, -0.1) is 24.0 Å². The molecule has 1 aromatic rings. The molecule has 0 aliphatic carbocycles. The van der Waals surface area contributed by atoms with Gasteiger partial charge >= 0.3 is 0 Å². The Balaban J connectivity index is 0.00000392. The first-order valence-electron chi connectivity index (χ1n) is 10.2. The van der Waals surface area contributed by atoms with Crippen LogP contribution in [0.2, 0.25) is 0 Å². The van der Waals surface area contributed by atoms with Crippen LogP contribution in [0.3, 0.4) is 0 Å². The molecule has 160 valence electrons. The van der Waals surface area contributed by atoms with Gasteiger partial charge in [-0.25, -0.2) is 4.39 Å². The first-order valence-corrected chi connectivity index (χ1v) is 10.2. The summed E-state index contributed by atoms with van der Waals surface area (Å²) < 4.78 is 14.0. The predicted octanol–water partition coefficient (Wildman–Crippen LogP) is 3.65. The molecule has 1 aliphatic rings. The fraction of sp³-hybridized carbons (Fsp3) is 0.667. The Morgan fingerprint density at radius 2 is 1.68 bits per heavy atom. The maximum atomic E-state index is 14.0. The van der Waals surface area contributed by atoms with Crippen molar-refractivity contribution < 1.29 is 4.39 Å². The second-order valence-corrected chi connectivity index (χ2v) is 7.47. The summed E-state index contributed by atoms with van der Waals surface area (Å²) in [7, 11) is 6.10. The van der Waals surface area contributed by atoms with Crippen LogP contribution < -0.4 is 10.2 Å². The Bertz CT molecular complexity index is 574. The van der Waals surface area contributed by atoms with Crippen molar-refractivity contribution in [3.05, 3.63) is 30.1 Å². The van der Waals surface area contributed by atoms with E-state index >= 15 is 0 Å². The highest BCUT2D eigenvalue weighted by Gasteiger charge is 2.21. The largest absolute Gasteiger partial charge is 0.366 e. The van der Waals surface area contributed by atoms with Gasteiger partial charge in [0.25, 0.3) is 0 Å². The monoisotopic (exact) mass is 505 g/mol. The molecule has 7 heteroatoms. The predicted molar refractivity (Wildman–Crippen MR) is 129 cm³/mol. The van der Waals surface area contributed by atoms with E-state index in [9.17, 15) is 4.39 Å². The lowest BCUT2D eigenvalue weighted by Gasteiger charge is -2.37. The van der Waals surface area contributed by atoms with E-state index in [2.05, 4.69) is 39.1 Å². The molecule has 0 unspecified atom stereocenters. The van der Waals surface area contributed by atoms with Crippen molar-refractivity contribution in [2.24, 2.45) is 4.99 Å². The lowest BCUT2D eigenvalue weighted by atomic mass is 10.1. The van der Waals surface area contributed by atoms with Crippen molar-refractivity contribution in [1.82, 2.24) is 15.1 Å². The van der Waals surface area contributed by atoms with Crippen LogP contribution in [0, 0.1) is 5.82 Å². The summed E-state index contributed by atoms with van der Waals surface area (Å²) in [5, 5.41) is 3.49. The van der Waals surface area contributed by atoms with Crippen LogP contribution in [0.4, 0.5) is 10.1 Å². The van der Waals surface area contributed by atoms with Gasteiger partial charge in [0, 0.05) is 39.8 Å². The number of unbranched alkanes of at least 4 members (excludes halogenated alkanes) is 4. The minimum Gasteiger partial charge on any atom is -0.366 e. The number of anilines is 1. The number of rotatable bonds is 9. The molecule has 0 spiro atoms. The standard InChI is InChI=1S/C21H36FN5.HI/c1-23-21(24-13-9-5-4-6-10-14-25(2)3)27-17-15-26(16-18-27)20-12-8-7-11-19(20)22;/h7-8,11-12H,4-6,9-10,13-18H2,1-3H3,(H,23,24);1H. The zero-order chi connectivity index (χ0) is 19.5. The topological polar surface area (TPSA) is 34.1 Å². The molecule has 1 N–H and O–H groups in total. The van der Waals surface area contributed by atoms with E-state index in [1.54, 1.807) is 6.07 Å². The van der Waals surface area contributed by atoms with Gasteiger partial charge in [-0.2, -0.15) is 0 Å². The Kier molecular flexibility index (Phi) is 12.5. The maximum Gasteiger partial charge on any atom is 0.193 e. The van der Waals surface area contributed by atoms with Crippen molar-refractivity contribution in [1.29, 1.82) is 0 Å². The van der Waals surface area contributed by atoms with Gasteiger partial charge in [0.1, 0.15) is 5.82 Å². The summed E-state index contributed by atoms with van der Waals surface area (Å²) in [6, 6.07) is 7.02. The molecule has 1 heterocycles. The zero-order valence-electron chi connectivity index (χ0n) is 17.7. The van der Waals surface area contributed by atoms with E-state index in [4.69, 9.17) is 0 Å². The summed E-state index contributed by atoms with van der Waals surface area (Å²) >= 11 is 0. The number of hydrogen-bond donors (Lipinski definition) is 1. The number of piperazine rings is 1. The molecule has 2 rings (SSSR count). The first-order chi connectivity index (χ1) is 13.1. The third-order valence-electron chi connectivity index (χ3n) is 5.05. The molecule has 1 aliphatic heterocycles. The van der Waals surface area contributed by atoms with Crippen molar-refractivity contribution in [2.75, 3.05) is 65.3 Å². The molecule has 0 bridgehead atoms. The van der Waals surface area contributed by atoms with Gasteiger partial charge in [-0.05, 0) is 45.6 Å². The number of halogens is 2. The van der Waals surface area contributed by atoms with Crippen LogP contribution in [0.5, 0.6) is 0 Å². The van der Waals surface area contributed by atoms with E-state index < -0.39 is 0 Å². The minimum atomic E-state index is -0.140. The van der Waals surface area contributed by atoms with Crippen LogP contribution in [0.25, 0.3) is 0 Å². The molecule has 0 amide bonds. The minimum absolute atomic E-state index is 0. The van der Waals surface area contributed by atoms with Gasteiger partial charge in [0.15, 0.2) is 5.96 Å². The smallest absolute Gasteiger partial charge is 0.193 e. The van der Waals surface area contributed by atoms with Crippen LogP contribution in [0.15, 0.2) is 29.3 Å². The van der Waals surface area contributed by atoms with Crippen LogP contribution in [-0.4, -0.2) is 76.2 Å². The molecule has 1 saturated heterocycles. The lowest BCUT2D eigenvalue weighted by molar-refractivity contribution is 0.370. The molecular formula is C21H37FIN5. The molecule has 5 nitrogen and oxygen atoms in total. The van der Waals surface area contributed by atoms with E-state index in [0.29, 0.717) is 5.69 Å². The number of para-hydroxylation sites is 1. The molecule has 0 atom stereocenters. The maximum absolute atomic E-state index is 14.0. The Morgan fingerprint density at radius 3 is 2.32 bits per heavy atom. The summed E-state index contributed by atoms with van der Waals surface area (Å²) in [6.07, 6.45) is 6.34. The average molecular weight is 505 g/mol. The number of benzene rings is 1. The van der Waals surface area contributed by atoms with Gasteiger partial charge in [-0.3, -0.25) is 4.99 Å². The van der Waals surface area contributed by atoms with Gasteiger partial charge in [0.2, 0.25) is 0 Å². The normalized spacial score (nSPS) is 15.0. The number of guanidine groups is 1. The molecule has 0 radical (unpaired) electrons.